The Labute approximate surface area is 206 Å². The third-order valence-corrected chi connectivity index (χ3v) is 7.10. The number of nitrogens with zero attached hydrogens (tertiary/aromatic N) is 2. The van der Waals surface area contributed by atoms with Crippen molar-refractivity contribution in [3.63, 3.8) is 0 Å². The van der Waals surface area contributed by atoms with E-state index in [-0.39, 0.29) is 11.3 Å². The third kappa shape index (κ3) is 4.12. The number of aliphatic hydroxyl groups is 1. The van der Waals surface area contributed by atoms with Gasteiger partial charge in [-0.2, -0.15) is 0 Å². The van der Waals surface area contributed by atoms with Crippen molar-refractivity contribution in [2.45, 2.75) is 38.6 Å². The predicted molar refractivity (Wildman–Crippen MR) is 140 cm³/mol. The van der Waals surface area contributed by atoms with Crippen LogP contribution in [0.15, 0.2) is 72.3 Å². The lowest BCUT2D eigenvalue weighted by Gasteiger charge is -2.26. The fraction of sp³-hybridized carbons (Fsp3) is 0.267. The Balaban J connectivity index is 1.67. The van der Waals surface area contributed by atoms with Crippen molar-refractivity contribution in [1.29, 1.82) is 0 Å². The maximum Gasteiger partial charge on any atom is 0.300 e. The smallest absolute Gasteiger partial charge is 0.300 e. The van der Waals surface area contributed by atoms with Gasteiger partial charge in [-0.15, -0.1) is 0 Å². The Morgan fingerprint density at radius 2 is 1.54 bits per heavy atom. The number of anilines is 2. The van der Waals surface area contributed by atoms with Gasteiger partial charge in [0.15, 0.2) is 0 Å². The molecule has 0 aromatic heterocycles. The Hall–Kier alpha value is -3.86. The van der Waals surface area contributed by atoms with Crippen LogP contribution in [0.3, 0.4) is 0 Å². The number of carbonyl (C=O) groups is 2. The number of aryl methyl sites for hydroxylation is 3. The molecule has 1 N–H and O–H groups in total. The molecule has 0 bridgehead atoms. The van der Waals surface area contributed by atoms with E-state index < -0.39 is 17.7 Å². The Morgan fingerprint density at radius 3 is 2.20 bits per heavy atom. The van der Waals surface area contributed by atoms with E-state index in [1.54, 1.807) is 0 Å². The van der Waals surface area contributed by atoms with E-state index in [1.165, 1.54) is 22.4 Å². The number of hydrogen-bond acceptors (Lipinski definition) is 4. The van der Waals surface area contributed by atoms with E-state index in [9.17, 15) is 14.7 Å². The van der Waals surface area contributed by atoms with Gasteiger partial charge in [-0.05, 0) is 79.6 Å². The first-order valence-corrected chi connectivity index (χ1v) is 12.1. The number of amides is 1. The molecule has 1 heterocycles. The van der Waals surface area contributed by atoms with Crippen LogP contribution in [0.25, 0.3) is 5.76 Å². The minimum atomic E-state index is -0.718. The SMILES string of the molecule is Cc1ccc(N2C(=O)C(=O)/C(=C(\O)c3ccc4c(c3)CCCC4)C2c2ccc(N(C)C)cc2)cc1. The van der Waals surface area contributed by atoms with Crippen molar-refractivity contribution in [1.82, 2.24) is 0 Å². The normalized spacial score (nSPS) is 19.1. The van der Waals surface area contributed by atoms with Crippen LogP contribution < -0.4 is 9.80 Å². The Kier molecular flexibility index (Phi) is 5.93. The average molecular weight is 467 g/mol. The molecule has 5 rings (SSSR count). The van der Waals surface area contributed by atoms with Gasteiger partial charge in [0.05, 0.1) is 11.6 Å². The molecule has 5 nitrogen and oxygen atoms in total. The van der Waals surface area contributed by atoms with E-state index in [0.717, 1.165) is 36.1 Å². The number of carbonyl (C=O) groups excluding carboxylic acids is 2. The maximum atomic E-state index is 13.4. The molecule has 1 aliphatic heterocycles. The summed E-state index contributed by atoms with van der Waals surface area (Å²) < 4.78 is 0. The lowest BCUT2D eigenvalue weighted by atomic mass is 9.88. The summed E-state index contributed by atoms with van der Waals surface area (Å²) >= 11 is 0. The summed E-state index contributed by atoms with van der Waals surface area (Å²) in [5, 5.41) is 11.5. The first-order chi connectivity index (χ1) is 16.8. The summed E-state index contributed by atoms with van der Waals surface area (Å²) in [7, 11) is 3.92. The van der Waals surface area contributed by atoms with E-state index in [4.69, 9.17) is 0 Å². The summed E-state index contributed by atoms with van der Waals surface area (Å²) in [5.41, 5.74) is 6.69. The highest BCUT2D eigenvalue weighted by Crippen LogP contribution is 2.42. The fourth-order valence-corrected chi connectivity index (χ4v) is 5.11. The molecule has 3 aromatic rings. The monoisotopic (exact) mass is 466 g/mol. The van der Waals surface area contributed by atoms with Gasteiger partial charge in [-0.25, -0.2) is 0 Å². The number of ketones is 1. The number of fused-ring (bicyclic) bond motifs is 1. The third-order valence-electron chi connectivity index (χ3n) is 7.10. The molecule has 1 fully saturated rings. The highest BCUT2D eigenvalue weighted by molar-refractivity contribution is 6.51. The van der Waals surface area contributed by atoms with Crippen LogP contribution in [0.1, 0.15) is 46.7 Å². The molecule has 1 unspecified atom stereocenters. The van der Waals surface area contributed by atoms with Gasteiger partial charge in [0.25, 0.3) is 11.7 Å². The number of rotatable bonds is 4. The second kappa shape index (κ2) is 9.06. The van der Waals surface area contributed by atoms with Gasteiger partial charge >= 0.3 is 0 Å². The van der Waals surface area contributed by atoms with Crippen molar-refractivity contribution in [3.8, 4) is 0 Å². The molecule has 0 spiro atoms. The zero-order valence-electron chi connectivity index (χ0n) is 20.4. The van der Waals surface area contributed by atoms with Crippen LogP contribution >= 0.6 is 0 Å². The summed E-state index contributed by atoms with van der Waals surface area (Å²) in [5.74, 6) is -1.41. The van der Waals surface area contributed by atoms with Gasteiger partial charge < -0.3 is 10.0 Å². The van der Waals surface area contributed by atoms with Crippen molar-refractivity contribution < 1.29 is 14.7 Å². The molecular weight excluding hydrogens is 436 g/mol. The Morgan fingerprint density at radius 1 is 0.886 bits per heavy atom. The van der Waals surface area contributed by atoms with Gasteiger partial charge in [-0.1, -0.05) is 42.0 Å². The minimum Gasteiger partial charge on any atom is -0.507 e. The summed E-state index contributed by atoms with van der Waals surface area (Å²) in [6.07, 6.45) is 4.28. The lowest BCUT2D eigenvalue weighted by molar-refractivity contribution is -0.132. The Bertz CT molecular complexity index is 1320. The summed E-state index contributed by atoms with van der Waals surface area (Å²) in [4.78, 5) is 30.3. The van der Waals surface area contributed by atoms with Crippen LogP contribution in [0.5, 0.6) is 0 Å². The highest BCUT2D eigenvalue weighted by atomic mass is 16.3. The van der Waals surface area contributed by atoms with Gasteiger partial charge in [-0.3, -0.25) is 14.5 Å². The van der Waals surface area contributed by atoms with Gasteiger partial charge in [0.1, 0.15) is 5.76 Å². The highest BCUT2D eigenvalue weighted by Gasteiger charge is 2.47. The van der Waals surface area contributed by atoms with Crippen LogP contribution in [0, 0.1) is 6.92 Å². The quantitative estimate of drug-likeness (QED) is 0.310. The second-order valence-electron chi connectivity index (χ2n) is 9.68. The predicted octanol–water partition coefficient (Wildman–Crippen LogP) is 5.57. The molecule has 5 heteroatoms. The molecule has 3 aromatic carbocycles. The number of Topliss-reactive ketones (excluding diaryl/α,β-unsaturated/α-hetero) is 1. The van der Waals surface area contributed by atoms with E-state index >= 15 is 0 Å². The van der Waals surface area contributed by atoms with E-state index in [1.807, 2.05) is 92.6 Å². The molecule has 178 valence electrons. The number of benzene rings is 3. The van der Waals surface area contributed by atoms with Crippen molar-refractivity contribution >= 4 is 28.8 Å². The molecule has 1 saturated heterocycles. The molecule has 1 atom stereocenters. The zero-order valence-corrected chi connectivity index (χ0v) is 20.4. The first-order valence-electron chi connectivity index (χ1n) is 12.1. The molecular formula is C30H30N2O3. The van der Waals surface area contributed by atoms with Crippen molar-refractivity contribution in [2.75, 3.05) is 23.9 Å². The van der Waals surface area contributed by atoms with Crippen molar-refractivity contribution in [2.24, 2.45) is 0 Å². The van der Waals surface area contributed by atoms with Crippen LogP contribution in [0.2, 0.25) is 0 Å². The van der Waals surface area contributed by atoms with E-state index in [2.05, 4.69) is 0 Å². The molecule has 0 saturated carbocycles. The maximum absolute atomic E-state index is 13.4. The fourth-order valence-electron chi connectivity index (χ4n) is 5.11. The zero-order chi connectivity index (χ0) is 24.7. The molecule has 1 aliphatic carbocycles. The summed E-state index contributed by atoms with van der Waals surface area (Å²) in [6, 6.07) is 20.5. The van der Waals surface area contributed by atoms with Crippen LogP contribution in [0.4, 0.5) is 11.4 Å². The number of hydrogen-bond donors (Lipinski definition) is 1. The standard InChI is InChI=1S/C30H30N2O3/c1-19-8-14-25(15-9-19)32-27(21-12-16-24(17-13-21)31(2)3)26(29(34)30(32)35)28(33)23-11-10-20-6-4-5-7-22(20)18-23/h8-18,27,33H,4-7H2,1-3H3/b28-26-. The van der Waals surface area contributed by atoms with Gasteiger partial charge in [0, 0.05) is 31.0 Å². The molecule has 1 amide bonds. The van der Waals surface area contributed by atoms with Gasteiger partial charge in [0.2, 0.25) is 0 Å². The number of aliphatic hydroxyl groups excluding tert-OH is 1. The molecule has 35 heavy (non-hydrogen) atoms. The largest absolute Gasteiger partial charge is 0.507 e. The average Bonchev–Trinajstić information content (AvgIpc) is 3.14. The molecule has 0 radical (unpaired) electrons. The topological polar surface area (TPSA) is 60.9 Å². The lowest BCUT2D eigenvalue weighted by Crippen LogP contribution is -2.29. The van der Waals surface area contributed by atoms with E-state index in [0.29, 0.717) is 11.3 Å². The minimum absolute atomic E-state index is 0.118. The van der Waals surface area contributed by atoms with Crippen molar-refractivity contribution in [3.05, 3.63) is 100 Å². The first kappa shape index (κ1) is 22.9. The summed E-state index contributed by atoms with van der Waals surface area (Å²) in [6.45, 7) is 1.98. The van der Waals surface area contributed by atoms with Crippen LogP contribution in [-0.4, -0.2) is 30.9 Å². The molecule has 2 aliphatic rings. The second-order valence-corrected chi connectivity index (χ2v) is 9.68. The van der Waals surface area contributed by atoms with Crippen LogP contribution in [-0.2, 0) is 22.4 Å².